The van der Waals surface area contributed by atoms with Gasteiger partial charge in [0.05, 0.1) is 11.2 Å². The molecule has 0 saturated heterocycles. The molecule has 0 saturated carbocycles. The lowest BCUT2D eigenvalue weighted by Gasteiger charge is -2.18. The minimum atomic E-state index is 0.0495. The third-order valence-electron chi connectivity index (χ3n) is 2.23. The highest BCUT2D eigenvalue weighted by Gasteiger charge is 2.18. The zero-order valence-corrected chi connectivity index (χ0v) is 8.78. The van der Waals surface area contributed by atoms with Crippen LogP contribution in [0.3, 0.4) is 0 Å². The molecule has 0 fully saturated rings. The molecule has 0 aliphatic carbocycles. The van der Waals surface area contributed by atoms with E-state index in [4.69, 9.17) is 0 Å². The zero-order chi connectivity index (χ0) is 10.2. The van der Waals surface area contributed by atoms with E-state index in [-0.39, 0.29) is 5.41 Å². The van der Waals surface area contributed by atoms with Gasteiger partial charge in [0.2, 0.25) is 0 Å². The minimum Gasteiger partial charge on any atom is -0.258 e. The summed E-state index contributed by atoms with van der Waals surface area (Å²) in [4.78, 5) is 8.80. The molecule has 0 unspecified atom stereocenters. The average Bonchev–Trinajstić information content (AvgIpc) is 2.15. The molecule has 0 amide bonds. The Morgan fingerprint density at radius 2 is 1.79 bits per heavy atom. The Labute approximate surface area is 84.0 Å². The van der Waals surface area contributed by atoms with Crippen molar-refractivity contribution in [1.82, 2.24) is 9.97 Å². The van der Waals surface area contributed by atoms with Crippen LogP contribution in [0.1, 0.15) is 26.5 Å². The maximum absolute atomic E-state index is 4.42. The lowest BCUT2D eigenvalue weighted by molar-refractivity contribution is 0.574. The second-order valence-electron chi connectivity index (χ2n) is 4.48. The Kier molecular flexibility index (Phi) is 1.99. The molecule has 2 nitrogen and oxygen atoms in total. The standard InChI is InChI=1S/C12H14N2/c1-12(2,3)11-10-9(6-8-14-11)5-4-7-13-10/h4-8H,1-3H3. The van der Waals surface area contributed by atoms with Gasteiger partial charge in [0.25, 0.3) is 0 Å². The predicted molar refractivity (Wildman–Crippen MR) is 58.2 cm³/mol. The van der Waals surface area contributed by atoms with Crippen LogP contribution in [-0.2, 0) is 5.41 Å². The molecule has 0 bridgehead atoms. The molecule has 0 radical (unpaired) electrons. The van der Waals surface area contributed by atoms with Gasteiger partial charge in [-0.3, -0.25) is 9.97 Å². The first-order chi connectivity index (χ1) is 6.59. The van der Waals surface area contributed by atoms with Gasteiger partial charge in [-0.05, 0) is 12.1 Å². The fraction of sp³-hybridized carbons (Fsp3) is 0.333. The molecule has 2 aromatic heterocycles. The van der Waals surface area contributed by atoms with Crippen LogP contribution in [0.5, 0.6) is 0 Å². The average molecular weight is 186 g/mol. The molecule has 2 heteroatoms. The molecular weight excluding hydrogens is 172 g/mol. The van der Waals surface area contributed by atoms with Crippen LogP contribution in [0.15, 0.2) is 30.6 Å². The molecular formula is C12H14N2. The molecule has 0 N–H and O–H groups in total. The molecule has 72 valence electrons. The quantitative estimate of drug-likeness (QED) is 0.632. The van der Waals surface area contributed by atoms with E-state index in [1.54, 1.807) is 0 Å². The van der Waals surface area contributed by atoms with Gasteiger partial charge in [-0.25, -0.2) is 0 Å². The van der Waals surface area contributed by atoms with Gasteiger partial charge in [0.15, 0.2) is 0 Å². The minimum absolute atomic E-state index is 0.0495. The lowest BCUT2D eigenvalue weighted by Crippen LogP contribution is -2.14. The molecule has 2 aromatic rings. The van der Waals surface area contributed by atoms with Crippen molar-refractivity contribution in [3.8, 4) is 0 Å². The van der Waals surface area contributed by atoms with E-state index >= 15 is 0 Å². The number of pyridine rings is 2. The largest absolute Gasteiger partial charge is 0.258 e. The number of aromatic nitrogens is 2. The van der Waals surface area contributed by atoms with Crippen LogP contribution in [0.2, 0.25) is 0 Å². The van der Waals surface area contributed by atoms with Crippen molar-refractivity contribution < 1.29 is 0 Å². The van der Waals surface area contributed by atoms with Crippen molar-refractivity contribution in [1.29, 1.82) is 0 Å². The second kappa shape index (κ2) is 3.05. The molecule has 0 aromatic carbocycles. The first-order valence-corrected chi connectivity index (χ1v) is 4.79. The van der Waals surface area contributed by atoms with Crippen LogP contribution in [0.25, 0.3) is 10.9 Å². The molecule has 0 spiro atoms. The van der Waals surface area contributed by atoms with Crippen LogP contribution < -0.4 is 0 Å². The summed E-state index contributed by atoms with van der Waals surface area (Å²) < 4.78 is 0. The maximum Gasteiger partial charge on any atom is 0.0922 e. The van der Waals surface area contributed by atoms with Gasteiger partial charge < -0.3 is 0 Å². The fourth-order valence-electron chi connectivity index (χ4n) is 1.55. The predicted octanol–water partition coefficient (Wildman–Crippen LogP) is 2.93. The Bertz CT molecular complexity index is 450. The lowest BCUT2D eigenvalue weighted by atomic mass is 9.90. The van der Waals surface area contributed by atoms with Crippen LogP contribution >= 0.6 is 0 Å². The topological polar surface area (TPSA) is 25.8 Å². The number of hydrogen-bond acceptors (Lipinski definition) is 2. The van der Waals surface area contributed by atoms with Crippen molar-refractivity contribution in [3.63, 3.8) is 0 Å². The van der Waals surface area contributed by atoms with Crippen LogP contribution in [0, 0.1) is 0 Å². The van der Waals surface area contributed by atoms with Crippen molar-refractivity contribution in [2.45, 2.75) is 26.2 Å². The summed E-state index contributed by atoms with van der Waals surface area (Å²) in [6.45, 7) is 6.47. The van der Waals surface area contributed by atoms with E-state index in [9.17, 15) is 0 Å². The van der Waals surface area contributed by atoms with Crippen molar-refractivity contribution in [2.75, 3.05) is 0 Å². The maximum atomic E-state index is 4.42. The zero-order valence-electron chi connectivity index (χ0n) is 8.78. The van der Waals surface area contributed by atoms with Gasteiger partial charge in [-0.15, -0.1) is 0 Å². The molecule has 14 heavy (non-hydrogen) atoms. The molecule has 0 atom stereocenters. The van der Waals surface area contributed by atoms with Gasteiger partial charge in [-0.1, -0.05) is 26.8 Å². The number of nitrogens with zero attached hydrogens (tertiary/aromatic N) is 2. The van der Waals surface area contributed by atoms with E-state index < -0.39 is 0 Å². The SMILES string of the molecule is CC(C)(C)c1nccc2cccnc12. The number of fused-ring (bicyclic) bond motifs is 1. The monoisotopic (exact) mass is 186 g/mol. The van der Waals surface area contributed by atoms with Crippen LogP contribution in [-0.4, -0.2) is 9.97 Å². The number of hydrogen-bond donors (Lipinski definition) is 0. The highest BCUT2D eigenvalue weighted by Crippen LogP contribution is 2.25. The number of rotatable bonds is 0. The van der Waals surface area contributed by atoms with Gasteiger partial charge in [0.1, 0.15) is 0 Å². The van der Waals surface area contributed by atoms with Crippen molar-refractivity contribution in [2.24, 2.45) is 0 Å². The Morgan fingerprint density at radius 3 is 2.50 bits per heavy atom. The summed E-state index contributed by atoms with van der Waals surface area (Å²) in [6, 6.07) is 6.02. The summed E-state index contributed by atoms with van der Waals surface area (Å²) in [7, 11) is 0. The van der Waals surface area contributed by atoms with Gasteiger partial charge >= 0.3 is 0 Å². The van der Waals surface area contributed by atoms with E-state index in [1.807, 2.05) is 24.5 Å². The fourth-order valence-corrected chi connectivity index (χ4v) is 1.55. The Hall–Kier alpha value is -1.44. The van der Waals surface area contributed by atoms with E-state index in [0.717, 1.165) is 16.6 Å². The summed E-state index contributed by atoms with van der Waals surface area (Å²) >= 11 is 0. The van der Waals surface area contributed by atoms with Crippen LogP contribution in [0.4, 0.5) is 0 Å². The smallest absolute Gasteiger partial charge is 0.0922 e. The summed E-state index contributed by atoms with van der Waals surface area (Å²) in [5.74, 6) is 0. The van der Waals surface area contributed by atoms with Gasteiger partial charge in [-0.2, -0.15) is 0 Å². The third-order valence-corrected chi connectivity index (χ3v) is 2.23. The summed E-state index contributed by atoms with van der Waals surface area (Å²) in [6.07, 6.45) is 3.67. The Morgan fingerprint density at radius 1 is 1.00 bits per heavy atom. The summed E-state index contributed by atoms with van der Waals surface area (Å²) in [5, 5.41) is 1.16. The molecule has 2 rings (SSSR count). The van der Waals surface area contributed by atoms with E-state index in [1.165, 1.54) is 0 Å². The van der Waals surface area contributed by atoms with E-state index in [0.29, 0.717) is 0 Å². The highest BCUT2D eigenvalue weighted by atomic mass is 14.8. The molecule has 0 aliphatic heterocycles. The molecule has 0 aliphatic rings. The first-order valence-electron chi connectivity index (χ1n) is 4.79. The first kappa shape index (κ1) is 9.13. The van der Waals surface area contributed by atoms with E-state index in [2.05, 4.69) is 36.8 Å². The highest BCUT2D eigenvalue weighted by molar-refractivity contribution is 5.80. The van der Waals surface area contributed by atoms with Crippen molar-refractivity contribution in [3.05, 3.63) is 36.3 Å². The summed E-state index contributed by atoms with van der Waals surface area (Å²) in [5.41, 5.74) is 2.13. The molecule has 2 heterocycles. The van der Waals surface area contributed by atoms with Crippen molar-refractivity contribution >= 4 is 10.9 Å². The third kappa shape index (κ3) is 1.48. The Balaban J connectivity index is 2.78. The normalized spacial score (nSPS) is 11.9. The second-order valence-corrected chi connectivity index (χ2v) is 4.48. The van der Waals surface area contributed by atoms with Gasteiger partial charge in [0, 0.05) is 23.2 Å².